The lowest BCUT2D eigenvalue weighted by Gasteiger charge is -2.10. The SMILES string of the molecule is Cc1cc(S(=O)(=O)c2ccccc2N)ccc1S(N)(=O)=O. The predicted octanol–water partition coefficient (Wildman–Crippen LogP) is 1.06. The molecule has 0 aliphatic rings. The molecule has 0 amide bonds. The molecule has 0 saturated carbocycles. The van der Waals surface area contributed by atoms with Crippen molar-refractivity contribution in [3.05, 3.63) is 48.0 Å². The Kier molecular flexibility index (Phi) is 3.79. The Morgan fingerprint density at radius 2 is 1.52 bits per heavy atom. The van der Waals surface area contributed by atoms with Gasteiger partial charge in [-0.2, -0.15) is 0 Å². The lowest BCUT2D eigenvalue weighted by atomic mass is 10.2. The number of primary sulfonamides is 1. The van der Waals surface area contributed by atoms with Crippen LogP contribution >= 0.6 is 0 Å². The lowest BCUT2D eigenvalue weighted by Crippen LogP contribution is -2.14. The van der Waals surface area contributed by atoms with E-state index in [-0.39, 0.29) is 25.9 Å². The molecule has 0 atom stereocenters. The normalized spacial score (nSPS) is 12.3. The summed E-state index contributed by atoms with van der Waals surface area (Å²) >= 11 is 0. The zero-order valence-electron chi connectivity index (χ0n) is 11.1. The van der Waals surface area contributed by atoms with E-state index in [2.05, 4.69) is 0 Å². The van der Waals surface area contributed by atoms with Crippen molar-refractivity contribution in [1.82, 2.24) is 0 Å². The summed E-state index contributed by atoms with van der Waals surface area (Å²) in [5, 5.41) is 5.05. The summed E-state index contributed by atoms with van der Waals surface area (Å²) in [6.45, 7) is 1.48. The second-order valence-corrected chi connectivity index (χ2v) is 7.96. The molecule has 0 aromatic heterocycles. The summed E-state index contributed by atoms with van der Waals surface area (Å²) < 4.78 is 47.7. The Labute approximate surface area is 123 Å². The number of hydrogen-bond donors (Lipinski definition) is 2. The highest BCUT2D eigenvalue weighted by Crippen LogP contribution is 2.27. The Morgan fingerprint density at radius 3 is 2.05 bits per heavy atom. The third kappa shape index (κ3) is 2.92. The highest BCUT2D eigenvalue weighted by molar-refractivity contribution is 7.91. The van der Waals surface area contributed by atoms with Crippen molar-refractivity contribution in [1.29, 1.82) is 0 Å². The Bertz CT molecular complexity index is 904. The number of hydrogen-bond acceptors (Lipinski definition) is 5. The van der Waals surface area contributed by atoms with E-state index in [9.17, 15) is 16.8 Å². The average Bonchev–Trinajstić information content (AvgIpc) is 2.37. The standard InChI is InChI=1S/C13H14N2O4S2/c1-9-8-10(6-7-12(9)21(15,18)19)20(16,17)13-5-3-2-4-11(13)14/h2-8H,14H2,1H3,(H2,15,18,19). The van der Waals surface area contributed by atoms with Crippen LogP contribution in [0.3, 0.4) is 0 Å². The molecule has 0 heterocycles. The Hall–Kier alpha value is -1.90. The van der Waals surface area contributed by atoms with Gasteiger partial charge in [-0.3, -0.25) is 0 Å². The molecule has 2 aromatic carbocycles. The van der Waals surface area contributed by atoms with Crippen molar-refractivity contribution in [2.24, 2.45) is 5.14 Å². The predicted molar refractivity (Wildman–Crippen MR) is 78.9 cm³/mol. The first-order valence-corrected chi connectivity index (χ1v) is 8.90. The number of nitrogen functional groups attached to an aromatic ring is 1. The summed E-state index contributed by atoms with van der Waals surface area (Å²) in [5.74, 6) is 0. The minimum absolute atomic E-state index is 0.0206. The second-order valence-electron chi connectivity index (χ2n) is 4.51. The topological polar surface area (TPSA) is 120 Å². The molecule has 0 unspecified atom stereocenters. The first-order chi connectivity index (χ1) is 9.64. The quantitative estimate of drug-likeness (QED) is 0.817. The molecule has 0 spiro atoms. The first-order valence-electron chi connectivity index (χ1n) is 5.87. The van der Waals surface area contributed by atoms with Crippen LogP contribution in [-0.2, 0) is 19.9 Å². The van der Waals surface area contributed by atoms with Crippen LogP contribution in [0.5, 0.6) is 0 Å². The largest absolute Gasteiger partial charge is 0.398 e. The molecule has 2 rings (SSSR count). The first kappa shape index (κ1) is 15.5. The van der Waals surface area contributed by atoms with Gasteiger partial charge in [0.15, 0.2) is 0 Å². The van der Waals surface area contributed by atoms with Gasteiger partial charge in [-0.25, -0.2) is 22.0 Å². The van der Waals surface area contributed by atoms with Crippen LogP contribution in [0.15, 0.2) is 57.2 Å². The van der Waals surface area contributed by atoms with Crippen LogP contribution in [0, 0.1) is 6.92 Å². The van der Waals surface area contributed by atoms with E-state index in [0.717, 1.165) is 0 Å². The fraction of sp³-hybridized carbons (Fsp3) is 0.0769. The second kappa shape index (κ2) is 5.14. The summed E-state index contributed by atoms with van der Waals surface area (Å²) in [5.41, 5.74) is 6.07. The van der Waals surface area contributed by atoms with Crippen molar-refractivity contribution in [2.75, 3.05) is 5.73 Å². The molecule has 0 bridgehead atoms. The molecule has 0 aliphatic carbocycles. The van der Waals surface area contributed by atoms with Crippen molar-refractivity contribution in [3.63, 3.8) is 0 Å². The van der Waals surface area contributed by atoms with Crippen LogP contribution in [0.2, 0.25) is 0 Å². The van der Waals surface area contributed by atoms with E-state index >= 15 is 0 Å². The fourth-order valence-corrected chi connectivity index (χ4v) is 4.20. The van der Waals surface area contributed by atoms with Gasteiger partial charge in [0, 0.05) is 0 Å². The van der Waals surface area contributed by atoms with Crippen LogP contribution in [-0.4, -0.2) is 16.8 Å². The minimum atomic E-state index is -3.89. The van der Waals surface area contributed by atoms with Crippen LogP contribution in [0.25, 0.3) is 0 Å². The molecule has 0 saturated heterocycles. The van der Waals surface area contributed by atoms with Gasteiger partial charge in [0.25, 0.3) is 0 Å². The molecule has 0 aliphatic heterocycles. The highest BCUT2D eigenvalue weighted by Gasteiger charge is 2.22. The maximum atomic E-state index is 12.5. The molecule has 0 radical (unpaired) electrons. The van der Waals surface area contributed by atoms with Crippen LogP contribution in [0.4, 0.5) is 5.69 Å². The van der Waals surface area contributed by atoms with E-state index in [1.807, 2.05) is 0 Å². The third-order valence-corrected chi connectivity index (χ3v) is 5.87. The van der Waals surface area contributed by atoms with E-state index < -0.39 is 19.9 Å². The summed E-state index contributed by atoms with van der Waals surface area (Å²) in [6.07, 6.45) is 0. The van der Waals surface area contributed by atoms with E-state index in [4.69, 9.17) is 10.9 Å². The Morgan fingerprint density at radius 1 is 0.905 bits per heavy atom. The maximum absolute atomic E-state index is 12.5. The molecular formula is C13H14N2O4S2. The molecule has 8 heteroatoms. The molecule has 112 valence electrons. The van der Waals surface area contributed by atoms with Gasteiger partial charge in [0.1, 0.15) is 0 Å². The van der Waals surface area contributed by atoms with E-state index in [1.54, 1.807) is 12.1 Å². The number of benzene rings is 2. The number of aryl methyl sites for hydroxylation is 1. The summed E-state index contributed by atoms with van der Waals surface area (Å²) in [6, 6.07) is 9.72. The minimum Gasteiger partial charge on any atom is -0.398 e. The zero-order chi connectivity index (χ0) is 15.8. The number of anilines is 1. The molecule has 4 N–H and O–H groups in total. The van der Waals surface area contributed by atoms with E-state index in [1.165, 1.54) is 37.3 Å². The van der Waals surface area contributed by atoms with Crippen LogP contribution in [0.1, 0.15) is 5.56 Å². The highest BCUT2D eigenvalue weighted by atomic mass is 32.2. The van der Waals surface area contributed by atoms with Crippen molar-refractivity contribution in [2.45, 2.75) is 21.6 Å². The Balaban J connectivity index is 2.63. The fourth-order valence-electron chi connectivity index (χ4n) is 1.96. The molecule has 6 nitrogen and oxygen atoms in total. The van der Waals surface area contributed by atoms with Gasteiger partial charge in [0.05, 0.1) is 20.4 Å². The van der Waals surface area contributed by atoms with Crippen molar-refractivity contribution in [3.8, 4) is 0 Å². The van der Waals surface area contributed by atoms with Gasteiger partial charge in [-0.05, 0) is 42.8 Å². The smallest absolute Gasteiger partial charge is 0.238 e. The number of sulfone groups is 1. The summed E-state index contributed by atoms with van der Waals surface area (Å²) in [7, 11) is -7.70. The molecule has 21 heavy (non-hydrogen) atoms. The van der Waals surface area contributed by atoms with Crippen molar-refractivity contribution >= 4 is 25.5 Å². The summed E-state index contributed by atoms with van der Waals surface area (Å²) in [4.78, 5) is -0.166. The number of rotatable bonds is 3. The number of sulfonamides is 1. The van der Waals surface area contributed by atoms with Gasteiger partial charge in [-0.1, -0.05) is 12.1 Å². The maximum Gasteiger partial charge on any atom is 0.238 e. The average molecular weight is 326 g/mol. The molecule has 0 fully saturated rings. The van der Waals surface area contributed by atoms with Crippen molar-refractivity contribution < 1.29 is 16.8 Å². The zero-order valence-corrected chi connectivity index (χ0v) is 12.8. The van der Waals surface area contributed by atoms with Crippen LogP contribution < -0.4 is 10.9 Å². The van der Waals surface area contributed by atoms with Gasteiger partial charge < -0.3 is 5.73 Å². The van der Waals surface area contributed by atoms with Gasteiger partial charge in [-0.15, -0.1) is 0 Å². The molecule has 2 aromatic rings. The van der Waals surface area contributed by atoms with Gasteiger partial charge >= 0.3 is 0 Å². The van der Waals surface area contributed by atoms with Gasteiger partial charge in [0.2, 0.25) is 19.9 Å². The third-order valence-electron chi connectivity index (χ3n) is 2.97. The lowest BCUT2D eigenvalue weighted by molar-refractivity contribution is 0.592. The monoisotopic (exact) mass is 326 g/mol. The van der Waals surface area contributed by atoms with E-state index in [0.29, 0.717) is 0 Å². The molecular weight excluding hydrogens is 312 g/mol. The number of nitrogens with two attached hydrogens (primary N) is 2. The number of para-hydroxylation sites is 1.